The van der Waals surface area contributed by atoms with Gasteiger partial charge in [-0.15, -0.1) is 0 Å². The highest BCUT2D eigenvalue weighted by atomic mass is 16.5. The second-order valence-electron chi connectivity index (χ2n) is 5.86. The van der Waals surface area contributed by atoms with Gasteiger partial charge in [0, 0.05) is 11.6 Å². The lowest BCUT2D eigenvalue weighted by molar-refractivity contribution is 0.312. The highest BCUT2D eigenvalue weighted by Crippen LogP contribution is 2.33. The minimum atomic E-state index is -0.0437. The lowest BCUT2D eigenvalue weighted by atomic mass is 9.83. The van der Waals surface area contributed by atoms with E-state index in [1.807, 2.05) is 0 Å². The fourth-order valence-electron chi connectivity index (χ4n) is 2.07. The van der Waals surface area contributed by atoms with Crippen molar-refractivity contribution in [2.45, 2.75) is 40.2 Å². The van der Waals surface area contributed by atoms with Crippen LogP contribution in [0, 0.1) is 19.3 Å². The van der Waals surface area contributed by atoms with E-state index in [0.717, 1.165) is 17.7 Å². The third kappa shape index (κ3) is 3.47. The molecule has 0 aliphatic rings. The van der Waals surface area contributed by atoms with Crippen LogP contribution >= 0.6 is 0 Å². The van der Waals surface area contributed by atoms with Crippen molar-refractivity contribution in [1.29, 1.82) is 0 Å². The number of ether oxygens (including phenoxy) is 1. The summed E-state index contributed by atoms with van der Waals surface area (Å²) in [5.74, 6) is 0.874. The monoisotopic (exact) mass is 250 g/mol. The van der Waals surface area contributed by atoms with Crippen LogP contribution < -0.4 is 16.2 Å². The van der Waals surface area contributed by atoms with Gasteiger partial charge in [0.25, 0.3) is 0 Å². The average molecular weight is 250 g/mol. The van der Waals surface area contributed by atoms with Crippen molar-refractivity contribution in [3.8, 4) is 5.75 Å². The summed E-state index contributed by atoms with van der Waals surface area (Å²) in [6.07, 6.45) is 0.850. The number of hydrogen-bond donors (Lipinski definition) is 2. The SMILES string of the molecule is COc1cc(C)c(C)cc1C(N)CC(C)(C)CN. The molecule has 3 nitrogen and oxygen atoms in total. The smallest absolute Gasteiger partial charge is 0.123 e. The summed E-state index contributed by atoms with van der Waals surface area (Å²) in [5, 5.41) is 0. The van der Waals surface area contributed by atoms with Crippen molar-refractivity contribution in [2.24, 2.45) is 16.9 Å². The third-order valence-electron chi connectivity index (χ3n) is 3.57. The van der Waals surface area contributed by atoms with E-state index in [1.165, 1.54) is 11.1 Å². The first-order chi connectivity index (χ1) is 8.30. The second-order valence-corrected chi connectivity index (χ2v) is 5.86. The number of nitrogens with two attached hydrogens (primary N) is 2. The Hall–Kier alpha value is -1.06. The molecule has 1 aromatic rings. The first-order valence-electron chi connectivity index (χ1n) is 6.41. The topological polar surface area (TPSA) is 61.3 Å². The van der Waals surface area contributed by atoms with Gasteiger partial charge in [0.1, 0.15) is 5.75 Å². The molecule has 4 N–H and O–H groups in total. The van der Waals surface area contributed by atoms with Gasteiger partial charge in [-0.1, -0.05) is 19.9 Å². The second kappa shape index (κ2) is 5.72. The van der Waals surface area contributed by atoms with E-state index in [2.05, 4.69) is 39.8 Å². The van der Waals surface area contributed by atoms with Crippen molar-refractivity contribution in [3.63, 3.8) is 0 Å². The zero-order valence-corrected chi connectivity index (χ0v) is 12.2. The predicted molar refractivity (Wildman–Crippen MR) is 76.8 cm³/mol. The highest BCUT2D eigenvalue weighted by molar-refractivity contribution is 5.43. The fourth-order valence-corrected chi connectivity index (χ4v) is 2.07. The van der Waals surface area contributed by atoms with Crippen LogP contribution in [0.15, 0.2) is 12.1 Å². The molecule has 1 unspecified atom stereocenters. The molecule has 1 atom stereocenters. The van der Waals surface area contributed by atoms with E-state index in [-0.39, 0.29) is 11.5 Å². The minimum absolute atomic E-state index is 0.0437. The molecule has 3 heteroatoms. The Morgan fingerprint density at radius 3 is 2.28 bits per heavy atom. The summed E-state index contributed by atoms with van der Waals surface area (Å²) in [6.45, 7) is 9.09. The van der Waals surface area contributed by atoms with Crippen molar-refractivity contribution < 1.29 is 4.74 Å². The molecule has 0 bridgehead atoms. The van der Waals surface area contributed by atoms with Crippen molar-refractivity contribution in [1.82, 2.24) is 0 Å². The molecule has 0 spiro atoms. The van der Waals surface area contributed by atoms with Gasteiger partial charge < -0.3 is 16.2 Å². The zero-order valence-electron chi connectivity index (χ0n) is 12.2. The maximum Gasteiger partial charge on any atom is 0.123 e. The molecule has 1 rings (SSSR count). The molecule has 0 heterocycles. The molecule has 0 amide bonds. The molecule has 0 fully saturated rings. The molecular weight excluding hydrogens is 224 g/mol. The minimum Gasteiger partial charge on any atom is -0.496 e. The first kappa shape index (κ1) is 15.0. The molecule has 0 saturated heterocycles. The molecule has 102 valence electrons. The Balaban J connectivity index is 3.05. The first-order valence-corrected chi connectivity index (χ1v) is 6.41. The molecule has 0 aromatic heterocycles. The highest BCUT2D eigenvalue weighted by Gasteiger charge is 2.23. The van der Waals surface area contributed by atoms with Crippen LogP contribution in [0.5, 0.6) is 5.75 Å². The summed E-state index contributed by atoms with van der Waals surface area (Å²) in [5.41, 5.74) is 15.7. The van der Waals surface area contributed by atoms with E-state index in [1.54, 1.807) is 7.11 Å². The lowest BCUT2D eigenvalue weighted by Gasteiger charge is -2.27. The number of rotatable bonds is 5. The summed E-state index contributed by atoms with van der Waals surface area (Å²) in [4.78, 5) is 0. The Kier molecular flexibility index (Phi) is 4.77. The molecular formula is C15H26N2O. The Labute approximate surface area is 111 Å². The van der Waals surface area contributed by atoms with Crippen LogP contribution in [0.3, 0.4) is 0 Å². The molecule has 0 radical (unpaired) electrons. The largest absolute Gasteiger partial charge is 0.496 e. The average Bonchev–Trinajstić information content (AvgIpc) is 2.31. The fraction of sp³-hybridized carbons (Fsp3) is 0.600. The van der Waals surface area contributed by atoms with Gasteiger partial charge in [0.05, 0.1) is 7.11 Å². The van der Waals surface area contributed by atoms with Crippen LogP contribution in [0.4, 0.5) is 0 Å². The van der Waals surface area contributed by atoms with Gasteiger partial charge in [0.15, 0.2) is 0 Å². The van der Waals surface area contributed by atoms with Gasteiger partial charge in [-0.25, -0.2) is 0 Å². The van der Waals surface area contributed by atoms with E-state index < -0.39 is 0 Å². The summed E-state index contributed by atoms with van der Waals surface area (Å²) in [6, 6.07) is 4.14. The summed E-state index contributed by atoms with van der Waals surface area (Å²) < 4.78 is 5.44. The molecule has 0 aliphatic carbocycles. The maximum atomic E-state index is 6.32. The lowest BCUT2D eigenvalue weighted by Crippen LogP contribution is -2.28. The predicted octanol–water partition coefficient (Wildman–Crippen LogP) is 2.69. The van der Waals surface area contributed by atoms with Gasteiger partial charge >= 0.3 is 0 Å². The molecule has 18 heavy (non-hydrogen) atoms. The van der Waals surface area contributed by atoms with Crippen LogP contribution in [-0.4, -0.2) is 13.7 Å². The third-order valence-corrected chi connectivity index (χ3v) is 3.57. The molecule has 1 aromatic carbocycles. The van der Waals surface area contributed by atoms with E-state index in [9.17, 15) is 0 Å². The summed E-state index contributed by atoms with van der Waals surface area (Å²) >= 11 is 0. The Morgan fingerprint density at radius 1 is 1.22 bits per heavy atom. The standard InChI is InChI=1S/C15H26N2O/c1-10-6-12(14(18-5)7-11(10)2)13(17)8-15(3,4)9-16/h6-7,13H,8-9,16-17H2,1-5H3. The molecule has 0 aliphatic heterocycles. The zero-order chi connectivity index (χ0) is 13.9. The van der Waals surface area contributed by atoms with Crippen LogP contribution in [0.1, 0.15) is 43.0 Å². The van der Waals surface area contributed by atoms with Crippen LogP contribution in [0.2, 0.25) is 0 Å². The van der Waals surface area contributed by atoms with Gasteiger partial charge in [0.2, 0.25) is 0 Å². The van der Waals surface area contributed by atoms with Crippen molar-refractivity contribution in [3.05, 3.63) is 28.8 Å². The van der Waals surface area contributed by atoms with Crippen LogP contribution in [0.25, 0.3) is 0 Å². The summed E-state index contributed by atoms with van der Waals surface area (Å²) in [7, 11) is 1.69. The van der Waals surface area contributed by atoms with Gasteiger partial charge in [-0.05, 0) is 49.4 Å². The quantitative estimate of drug-likeness (QED) is 0.844. The van der Waals surface area contributed by atoms with Crippen molar-refractivity contribution >= 4 is 0 Å². The Bertz CT molecular complexity index is 413. The molecule has 0 saturated carbocycles. The van der Waals surface area contributed by atoms with Gasteiger partial charge in [-0.2, -0.15) is 0 Å². The van der Waals surface area contributed by atoms with E-state index in [0.29, 0.717) is 6.54 Å². The number of hydrogen-bond acceptors (Lipinski definition) is 3. The van der Waals surface area contributed by atoms with E-state index in [4.69, 9.17) is 16.2 Å². The normalized spacial score (nSPS) is 13.5. The number of benzene rings is 1. The van der Waals surface area contributed by atoms with E-state index >= 15 is 0 Å². The van der Waals surface area contributed by atoms with Gasteiger partial charge in [-0.3, -0.25) is 0 Å². The van der Waals surface area contributed by atoms with Crippen LogP contribution in [-0.2, 0) is 0 Å². The Morgan fingerprint density at radius 2 is 1.78 bits per heavy atom. The van der Waals surface area contributed by atoms with Crippen molar-refractivity contribution in [2.75, 3.05) is 13.7 Å². The number of aryl methyl sites for hydroxylation is 2. The number of methoxy groups -OCH3 is 1. The maximum absolute atomic E-state index is 6.32.